The Morgan fingerprint density at radius 2 is 1.52 bits per heavy atom. The van der Waals surface area contributed by atoms with Crippen LogP contribution >= 0.6 is 34.2 Å². The molecule has 3 rings (SSSR count). The average molecular weight is 557 g/mol. The van der Waals surface area contributed by atoms with Gasteiger partial charge in [0.25, 0.3) is 0 Å². The van der Waals surface area contributed by atoms with Crippen LogP contribution in [0.15, 0.2) is 36.4 Å². The second-order valence-corrected chi connectivity index (χ2v) is 7.82. The van der Waals surface area contributed by atoms with Gasteiger partial charge in [-0.15, -0.1) is 0 Å². The first kappa shape index (κ1) is 23.3. The highest BCUT2D eigenvalue weighted by atomic mass is 127. The van der Waals surface area contributed by atoms with Crippen molar-refractivity contribution in [2.24, 2.45) is 0 Å². The Labute approximate surface area is 199 Å². The summed E-state index contributed by atoms with van der Waals surface area (Å²) in [7, 11) is 0. The molecule has 3 aromatic rings. The Morgan fingerprint density at radius 3 is 2.13 bits per heavy atom. The number of halogens is 2. The summed E-state index contributed by atoms with van der Waals surface area (Å²) in [5, 5.41) is 12.2. The van der Waals surface area contributed by atoms with E-state index >= 15 is 0 Å². The molecule has 1 N–H and O–H groups in total. The third kappa shape index (κ3) is 4.77. The maximum Gasteiger partial charge on any atom is 0.343 e. The van der Waals surface area contributed by atoms with Crippen LogP contribution in [0.5, 0.6) is 28.7 Å². The van der Waals surface area contributed by atoms with Crippen molar-refractivity contribution in [1.29, 1.82) is 0 Å². The lowest BCUT2D eigenvalue weighted by Crippen LogP contribution is -2.11. The number of benzene rings is 3. The van der Waals surface area contributed by atoms with Crippen LogP contribution in [-0.4, -0.2) is 30.9 Å². The van der Waals surface area contributed by atoms with Gasteiger partial charge in [0.1, 0.15) is 5.75 Å². The first-order chi connectivity index (χ1) is 14.9. The molecule has 0 aliphatic heterocycles. The number of hydrogen-bond acceptors (Lipinski definition) is 6. The number of phenols is 1. The summed E-state index contributed by atoms with van der Waals surface area (Å²) < 4.78 is 23.3. The molecule has 164 valence electrons. The van der Waals surface area contributed by atoms with Gasteiger partial charge in [-0.3, -0.25) is 0 Å². The lowest BCUT2D eigenvalue weighted by molar-refractivity contribution is 0.0729. The number of hydrogen-bond donors (Lipinski definition) is 1. The van der Waals surface area contributed by atoms with Gasteiger partial charge in [-0.25, -0.2) is 4.79 Å². The minimum Gasteiger partial charge on any atom is -0.504 e. The zero-order valence-corrected chi connectivity index (χ0v) is 20.2. The van der Waals surface area contributed by atoms with Crippen LogP contribution in [0, 0.1) is 3.57 Å². The van der Waals surface area contributed by atoms with Gasteiger partial charge >= 0.3 is 5.97 Å². The average Bonchev–Trinajstić information content (AvgIpc) is 2.76. The van der Waals surface area contributed by atoms with Crippen LogP contribution in [0.4, 0.5) is 0 Å². The third-order valence-corrected chi connectivity index (χ3v) is 6.13. The number of carbonyl (C=O) groups excluding carboxylic acids is 1. The minimum absolute atomic E-state index is 0.101. The first-order valence-electron chi connectivity index (χ1n) is 9.80. The molecule has 0 unspecified atom stereocenters. The Kier molecular flexibility index (Phi) is 7.72. The maximum absolute atomic E-state index is 13.0. The fourth-order valence-corrected chi connectivity index (χ4v) is 3.95. The van der Waals surface area contributed by atoms with E-state index in [1.54, 1.807) is 50.2 Å². The number of fused-ring (bicyclic) bond motifs is 1. The lowest BCUT2D eigenvalue weighted by Gasteiger charge is -2.20. The highest BCUT2D eigenvalue weighted by Crippen LogP contribution is 2.52. The van der Waals surface area contributed by atoms with E-state index in [4.69, 9.17) is 30.5 Å². The lowest BCUT2D eigenvalue weighted by atomic mass is 10.1. The van der Waals surface area contributed by atoms with Gasteiger partial charge in [-0.05, 0) is 79.8 Å². The summed E-state index contributed by atoms with van der Waals surface area (Å²) in [6, 6.07) is 9.96. The predicted octanol–water partition coefficient (Wildman–Crippen LogP) is 6.22. The third-order valence-electron chi connectivity index (χ3n) is 4.38. The zero-order valence-electron chi connectivity index (χ0n) is 17.3. The van der Waals surface area contributed by atoms with E-state index in [0.29, 0.717) is 37.3 Å². The Bertz CT molecular complexity index is 1100. The molecule has 0 radical (unpaired) electrons. The highest BCUT2D eigenvalue weighted by molar-refractivity contribution is 14.1. The van der Waals surface area contributed by atoms with E-state index in [-0.39, 0.29) is 36.2 Å². The zero-order chi connectivity index (χ0) is 22.5. The number of rotatable bonds is 8. The molecule has 0 heterocycles. The molecule has 6 nitrogen and oxygen atoms in total. The Hall–Kier alpha value is -2.39. The number of carbonyl (C=O) groups is 1. The van der Waals surface area contributed by atoms with E-state index in [1.165, 1.54) is 0 Å². The van der Waals surface area contributed by atoms with Crippen molar-refractivity contribution in [1.82, 2.24) is 0 Å². The Balaban J connectivity index is 2.18. The quantitative estimate of drug-likeness (QED) is 0.202. The summed E-state index contributed by atoms with van der Waals surface area (Å²) in [5.41, 5.74) is 0.335. The van der Waals surface area contributed by atoms with E-state index in [2.05, 4.69) is 22.6 Å². The van der Waals surface area contributed by atoms with Crippen LogP contribution in [0.2, 0.25) is 5.02 Å². The van der Waals surface area contributed by atoms with Crippen LogP contribution in [-0.2, 0) is 0 Å². The fourth-order valence-electron chi connectivity index (χ4n) is 3.07. The molecule has 0 aliphatic rings. The van der Waals surface area contributed by atoms with Gasteiger partial charge in [0.2, 0.25) is 11.5 Å². The van der Waals surface area contributed by atoms with Gasteiger partial charge in [0.15, 0.2) is 11.5 Å². The van der Waals surface area contributed by atoms with Crippen molar-refractivity contribution >= 4 is 50.9 Å². The van der Waals surface area contributed by atoms with Crippen LogP contribution < -0.4 is 18.9 Å². The van der Waals surface area contributed by atoms with Crippen molar-refractivity contribution < 1.29 is 28.8 Å². The Morgan fingerprint density at radius 1 is 0.903 bits per heavy atom. The summed E-state index contributed by atoms with van der Waals surface area (Å²) in [6.45, 7) is 6.55. The second-order valence-electron chi connectivity index (χ2n) is 6.33. The molecule has 0 fully saturated rings. The second kappa shape index (κ2) is 10.3. The van der Waals surface area contributed by atoms with Gasteiger partial charge in [0.05, 0.1) is 30.4 Å². The smallest absolute Gasteiger partial charge is 0.343 e. The van der Waals surface area contributed by atoms with E-state index < -0.39 is 5.97 Å². The van der Waals surface area contributed by atoms with E-state index in [9.17, 15) is 9.90 Å². The van der Waals surface area contributed by atoms with Crippen LogP contribution in [0.25, 0.3) is 10.8 Å². The van der Waals surface area contributed by atoms with Crippen molar-refractivity contribution in [3.05, 3.63) is 50.6 Å². The van der Waals surface area contributed by atoms with Crippen molar-refractivity contribution in [2.45, 2.75) is 20.8 Å². The van der Waals surface area contributed by atoms with Crippen LogP contribution in [0.1, 0.15) is 31.1 Å². The molecule has 0 bridgehead atoms. The highest BCUT2D eigenvalue weighted by Gasteiger charge is 2.27. The topological polar surface area (TPSA) is 74.2 Å². The summed E-state index contributed by atoms with van der Waals surface area (Å²) in [6.07, 6.45) is 0. The summed E-state index contributed by atoms with van der Waals surface area (Å²) >= 11 is 8.38. The van der Waals surface area contributed by atoms with Crippen molar-refractivity contribution in [3.63, 3.8) is 0 Å². The molecule has 0 aliphatic carbocycles. The number of ether oxygens (including phenoxy) is 4. The molecule has 0 saturated carbocycles. The van der Waals surface area contributed by atoms with Gasteiger partial charge in [-0.1, -0.05) is 11.6 Å². The number of esters is 1. The largest absolute Gasteiger partial charge is 0.504 e. The molecule has 0 aromatic heterocycles. The summed E-state index contributed by atoms with van der Waals surface area (Å²) in [4.78, 5) is 13.0. The number of aromatic hydroxyl groups is 1. The fraction of sp³-hybridized carbons (Fsp3) is 0.261. The van der Waals surface area contributed by atoms with Crippen LogP contribution in [0.3, 0.4) is 0 Å². The number of phenolic OH excluding ortho intramolecular Hbond substituents is 1. The molecule has 0 saturated heterocycles. The predicted molar refractivity (Wildman–Crippen MR) is 128 cm³/mol. The first-order valence-corrected chi connectivity index (χ1v) is 11.3. The van der Waals surface area contributed by atoms with Crippen molar-refractivity contribution in [2.75, 3.05) is 19.8 Å². The van der Waals surface area contributed by atoms with Gasteiger partial charge in [0, 0.05) is 14.3 Å². The van der Waals surface area contributed by atoms with E-state index in [1.807, 2.05) is 6.92 Å². The normalized spacial score (nSPS) is 10.7. The maximum atomic E-state index is 13.0. The monoisotopic (exact) mass is 556 g/mol. The molecule has 0 amide bonds. The molecule has 0 atom stereocenters. The van der Waals surface area contributed by atoms with E-state index in [0.717, 1.165) is 0 Å². The molecule has 8 heteroatoms. The molecular weight excluding hydrogens is 535 g/mol. The standard InChI is InChI=1S/C23H22ClIO6/c1-4-28-14-9-7-13(8-10-14)23(27)31-20-17-15(11-12-16(24)18(17)25)19(26)21(29-5-2)22(20)30-6-3/h7-12,26H,4-6H2,1-3H3. The van der Waals surface area contributed by atoms with Crippen molar-refractivity contribution in [3.8, 4) is 28.7 Å². The SMILES string of the molecule is CCOc1ccc(C(=O)Oc2c(OCC)c(OCC)c(O)c3ccc(Cl)c(I)c23)cc1. The minimum atomic E-state index is -0.589. The van der Waals surface area contributed by atoms with Gasteiger partial charge < -0.3 is 24.1 Å². The molecular formula is C23H22ClIO6. The molecule has 0 spiro atoms. The van der Waals surface area contributed by atoms with Gasteiger partial charge in [-0.2, -0.15) is 0 Å². The molecule has 3 aromatic carbocycles. The summed E-state index contributed by atoms with van der Waals surface area (Å²) in [5.74, 6) is 0.372. The molecule has 31 heavy (non-hydrogen) atoms.